The largest absolute Gasteiger partial charge is 0.504 e. The van der Waals surface area contributed by atoms with Gasteiger partial charge in [-0.05, 0) is 70.5 Å². The molecule has 0 saturated carbocycles. The summed E-state index contributed by atoms with van der Waals surface area (Å²) in [6.45, 7) is 17.6. The summed E-state index contributed by atoms with van der Waals surface area (Å²) < 4.78 is 5.32. The second-order valence-corrected chi connectivity index (χ2v) is 10.1. The zero-order valence-corrected chi connectivity index (χ0v) is 22.3. The van der Waals surface area contributed by atoms with Crippen molar-refractivity contribution < 1.29 is 9.84 Å². The van der Waals surface area contributed by atoms with Crippen molar-refractivity contribution in [3.8, 4) is 11.5 Å². The third-order valence-corrected chi connectivity index (χ3v) is 7.23. The molecule has 0 aromatic heterocycles. The monoisotopic (exact) mass is 488 g/mol. The fourth-order valence-electron chi connectivity index (χ4n) is 4.97. The predicted molar refractivity (Wildman–Crippen MR) is 148 cm³/mol. The van der Waals surface area contributed by atoms with E-state index in [9.17, 15) is 5.11 Å². The van der Waals surface area contributed by atoms with Gasteiger partial charge in [0, 0.05) is 49.7 Å². The Morgan fingerprint density at radius 1 is 1.17 bits per heavy atom. The van der Waals surface area contributed by atoms with Gasteiger partial charge in [0.25, 0.3) is 0 Å². The summed E-state index contributed by atoms with van der Waals surface area (Å²) in [6.07, 6.45) is 16.0. The Morgan fingerprint density at radius 3 is 2.53 bits per heavy atom. The van der Waals surface area contributed by atoms with Crippen molar-refractivity contribution in [2.75, 3.05) is 33.3 Å². The maximum Gasteiger partial charge on any atom is 0.161 e. The van der Waals surface area contributed by atoms with Gasteiger partial charge >= 0.3 is 0 Å². The maximum atomic E-state index is 10.0. The molecule has 1 fully saturated rings. The number of hydrogen-bond acceptors (Lipinski definition) is 6. The molecule has 1 saturated heterocycles. The molecule has 6 nitrogen and oxygen atoms in total. The molecule has 1 atom stereocenters. The van der Waals surface area contributed by atoms with E-state index in [1.807, 2.05) is 31.3 Å². The number of nitrogens with zero attached hydrogens (tertiary/aromatic N) is 3. The molecule has 0 bridgehead atoms. The predicted octanol–water partition coefficient (Wildman–Crippen LogP) is 5.21. The maximum absolute atomic E-state index is 10.0. The van der Waals surface area contributed by atoms with E-state index >= 15 is 0 Å². The van der Waals surface area contributed by atoms with Crippen molar-refractivity contribution >= 4 is 5.70 Å². The lowest BCUT2D eigenvalue weighted by Crippen LogP contribution is -2.49. The highest BCUT2D eigenvalue weighted by Gasteiger charge is 2.29. The van der Waals surface area contributed by atoms with Crippen molar-refractivity contribution in [1.29, 1.82) is 0 Å². The lowest BCUT2D eigenvalue weighted by molar-refractivity contribution is 0.132. The van der Waals surface area contributed by atoms with Gasteiger partial charge in [-0.3, -0.25) is 4.90 Å². The van der Waals surface area contributed by atoms with E-state index in [0.29, 0.717) is 11.8 Å². The van der Waals surface area contributed by atoms with Gasteiger partial charge in [-0.15, -0.1) is 0 Å². The Labute approximate surface area is 216 Å². The minimum absolute atomic E-state index is 0.123. The van der Waals surface area contributed by atoms with Crippen molar-refractivity contribution in [1.82, 2.24) is 20.0 Å². The molecule has 6 heteroatoms. The molecule has 0 radical (unpaired) electrons. The van der Waals surface area contributed by atoms with E-state index in [-0.39, 0.29) is 11.3 Å². The molecule has 3 aliphatic rings. The summed E-state index contributed by atoms with van der Waals surface area (Å²) in [5.41, 5.74) is 4.88. The van der Waals surface area contributed by atoms with E-state index in [0.717, 1.165) is 55.3 Å². The first-order valence-corrected chi connectivity index (χ1v) is 12.8. The van der Waals surface area contributed by atoms with Crippen LogP contribution in [-0.4, -0.2) is 64.7 Å². The van der Waals surface area contributed by atoms with Crippen LogP contribution in [0.5, 0.6) is 11.5 Å². The highest BCUT2D eigenvalue weighted by Crippen LogP contribution is 2.36. The van der Waals surface area contributed by atoms with Crippen LogP contribution < -0.4 is 10.1 Å². The average molecular weight is 489 g/mol. The molecule has 2 N–H and O–H groups in total. The lowest BCUT2D eigenvalue weighted by Gasteiger charge is -2.41. The van der Waals surface area contributed by atoms with Gasteiger partial charge in [0.2, 0.25) is 0 Å². The molecular weight excluding hydrogens is 448 g/mol. The van der Waals surface area contributed by atoms with Gasteiger partial charge in [0.1, 0.15) is 0 Å². The van der Waals surface area contributed by atoms with E-state index < -0.39 is 0 Å². The number of phenols is 1. The van der Waals surface area contributed by atoms with Crippen LogP contribution in [0, 0.1) is 0 Å². The second-order valence-electron chi connectivity index (χ2n) is 10.1. The summed E-state index contributed by atoms with van der Waals surface area (Å²) >= 11 is 0. The molecule has 1 aromatic rings. The third kappa shape index (κ3) is 5.39. The number of phenolic OH excluding ortho intramolecular Hbond substituents is 1. The first-order chi connectivity index (χ1) is 17.2. The van der Waals surface area contributed by atoms with Gasteiger partial charge in [0.15, 0.2) is 11.5 Å². The second kappa shape index (κ2) is 10.7. The quantitative estimate of drug-likeness (QED) is 0.550. The Morgan fingerprint density at radius 2 is 1.92 bits per heavy atom. The number of hydrogen-bond donors (Lipinski definition) is 2. The smallest absolute Gasteiger partial charge is 0.161 e. The Bertz CT molecular complexity index is 1140. The number of aromatic hydroxyl groups is 1. The lowest BCUT2D eigenvalue weighted by atomic mass is 9.91. The average Bonchev–Trinajstić information content (AvgIpc) is 2.87. The minimum atomic E-state index is -0.202. The number of benzene rings is 1. The first kappa shape index (κ1) is 25.7. The fourth-order valence-corrected chi connectivity index (χ4v) is 4.97. The number of piperazine rings is 1. The molecule has 36 heavy (non-hydrogen) atoms. The first-order valence-electron chi connectivity index (χ1n) is 12.8. The van der Waals surface area contributed by atoms with E-state index in [4.69, 9.17) is 4.74 Å². The minimum Gasteiger partial charge on any atom is -0.504 e. The molecule has 4 rings (SSSR count). The number of methoxy groups -OCH3 is 1. The molecule has 2 heterocycles. The van der Waals surface area contributed by atoms with Crippen molar-refractivity contribution in [2.24, 2.45) is 0 Å². The van der Waals surface area contributed by atoms with Crippen LogP contribution in [0.1, 0.15) is 39.7 Å². The van der Waals surface area contributed by atoms with Gasteiger partial charge in [0.05, 0.1) is 29.7 Å². The molecule has 1 aromatic carbocycles. The van der Waals surface area contributed by atoms with Crippen LogP contribution in [0.15, 0.2) is 84.5 Å². The fraction of sp³-hybridized carbons (Fsp3) is 0.400. The summed E-state index contributed by atoms with van der Waals surface area (Å²) in [7, 11) is 1.56. The van der Waals surface area contributed by atoms with Crippen LogP contribution >= 0.6 is 0 Å². The molecule has 2 aliphatic heterocycles. The number of ether oxygens (including phenoxy) is 1. The van der Waals surface area contributed by atoms with Crippen molar-refractivity contribution in [3.63, 3.8) is 0 Å². The summed E-state index contributed by atoms with van der Waals surface area (Å²) in [4.78, 5) is 7.12. The molecule has 192 valence electrons. The molecule has 1 aliphatic carbocycles. The molecule has 0 spiro atoms. The van der Waals surface area contributed by atoms with Crippen molar-refractivity contribution in [2.45, 2.75) is 45.7 Å². The number of allylic oxidation sites excluding steroid dienone is 4. The zero-order chi connectivity index (χ0) is 25.9. The molecule has 0 amide bonds. The van der Waals surface area contributed by atoms with Gasteiger partial charge < -0.3 is 25.0 Å². The van der Waals surface area contributed by atoms with E-state index in [1.165, 1.54) is 5.70 Å². The summed E-state index contributed by atoms with van der Waals surface area (Å²) in [5.74, 6) is 0.568. The normalized spacial score (nSPS) is 23.2. The van der Waals surface area contributed by atoms with Crippen LogP contribution in [0.4, 0.5) is 0 Å². The van der Waals surface area contributed by atoms with Crippen molar-refractivity contribution in [3.05, 3.63) is 90.1 Å². The van der Waals surface area contributed by atoms with Gasteiger partial charge in [-0.1, -0.05) is 24.8 Å². The molecular formula is C30H40N4O2. The SMILES string of the molecule is C=C1C(NC2(C)C=CC(N3CCN(C(C)C)CC3)=CC2)=CC=C(c2ccc(O)c(OC)c2)N1/C=C\C. The van der Waals surface area contributed by atoms with Gasteiger partial charge in [-0.25, -0.2) is 0 Å². The summed E-state index contributed by atoms with van der Waals surface area (Å²) in [5, 5.41) is 13.8. The zero-order valence-electron chi connectivity index (χ0n) is 22.3. The summed E-state index contributed by atoms with van der Waals surface area (Å²) in [6, 6.07) is 6.00. The topological polar surface area (TPSA) is 51.2 Å². The van der Waals surface area contributed by atoms with Crippen LogP contribution in [0.2, 0.25) is 0 Å². The highest BCUT2D eigenvalue weighted by atomic mass is 16.5. The van der Waals surface area contributed by atoms with Gasteiger partial charge in [-0.2, -0.15) is 0 Å². The van der Waals surface area contributed by atoms with E-state index in [2.05, 4.69) is 77.7 Å². The Balaban J connectivity index is 1.49. The van der Waals surface area contributed by atoms with Crippen LogP contribution in [0.25, 0.3) is 5.70 Å². The molecule has 1 unspecified atom stereocenters. The standard InChI is InChI=1S/C30H40N4O2/c1-7-16-34-23(4)26(9-10-27(34)24-8-11-28(35)29(21-24)36-6)31-30(5)14-12-25(13-15-30)33-19-17-32(18-20-33)22(2)3/h7-14,16,21-22,31,35H,4,15,17-20H2,1-3,5-6H3/b16-7-. The highest BCUT2D eigenvalue weighted by molar-refractivity contribution is 5.73. The Kier molecular flexibility index (Phi) is 7.65. The van der Waals surface area contributed by atoms with Crippen LogP contribution in [0.3, 0.4) is 0 Å². The number of rotatable bonds is 7. The number of nitrogens with one attached hydrogen (secondary N) is 1. The third-order valence-electron chi connectivity index (χ3n) is 7.23. The van der Waals surface area contributed by atoms with Crippen LogP contribution in [-0.2, 0) is 0 Å². The van der Waals surface area contributed by atoms with E-state index in [1.54, 1.807) is 13.2 Å². The Hall–Kier alpha value is -3.38.